The van der Waals surface area contributed by atoms with E-state index in [0.29, 0.717) is 0 Å². The minimum absolute atomic E-state index is 0.720. The first-order valence-corrected chi connectivity index (χ1v) is 9.03. The molecule has 1 aromatic heterocycles. The van der Waals surface area contributed by atoms with Crippen LogP contribution in [0.1, 0.15) is 35.9 Å². The summed E-state index contributed by atoms with van der Waals surface area (Å²) in [6, 6.07) is 8.28. The highest BCUT2D eigenvalue weighted by molar-refractivity contribution is 7.99. The van der Waals surface area contributed by atoms with Crippen LogP contribution in [0.4, 0.5) is 10.8 Å². The predicted molar refractivity (Wildman–Crippen MR) is 89.6 cm³/mol. The third kappa shape index (κ3) is 3.07. The number of benzene rings is 1. The first-order valence-electron chi connectivity index (χ1n) is 7.23. The Morgan fingerprint density at radius 1 is 1.38 bits per heavy atom. The van der Waals surface area contributed by atoms with E-state index in [-0.39, 0.29) is 0 Å². The maximum absolute atomic E-state index is 9.45. The molecule has 0 spiro atoms. The lowest BCUT2D eigenvalue weighted by molar-refractivity contribution is 0.683. The largest absolute Gasteiger partial charge is 0.330 e. The van der Waals surface area contributed by atoms with Gasteiger partial charge in [0.05, 0.1) is 16.9 Å². The molecule has 0 unspecified atom stereocenters. The maximum atomic E-state index is 9.45. The van der Waals surface area contributed by atoms with Crippen LogP contribution >= 0.6 is 23.1 Å². The van der Waals surface area contributed by atoms with E-state index >= 15 is 0 Å². The summed E-state index contributed by atoms with van der Waals surface area (Å²) in [5.41, 5.74) is 2.82. The number of hydrogen-bond donors (Lipinski definition) is 1. The molecular weight excluding hydrogens is 298 g/mol. The topological polar surface area (TPSA) is 48.7 Å². The van der Waals surface area contributed by atoms with Gasteiger partial charge in [0.25, 0.3) is 0 Å². The van der Waals surface area contributed by atoms with Crippen LogP contribution in [0.3, 0.4) is 0 Å². The molecular formula is C16H17N3S2. The molecule has 5 heteroatoms. The van der Waals surface area contributed by atoms with Crippen LogP contribution in [-0.2, 0) is 12.8 Å². The molecule has 1 N–H and O–H groups in total. The molecule has 1 aromatic carbocycles. The zero-order valence-corrected chi connectivity index (χ0v) is 13.6. The number of fused-ring (bicyclic) bond motifs is 1. The Labute approximate surface area is 133 Å². The van der Waals surface area contributed by atoms with Gasteiger partial charge in [0, 0.05) is 9.77 Å². The Morgan fingerprint density at radius 3 is 3.00 bits per heavy atom. The van der Waals surface area contributed by atoms with Crippen molar-refractivity contribution in [2.75, 3.05) is 11.1 Å². The number of hydrogen-bond acceptors (Lipinski definition) is 5. The van der Waals surface area contributed by atoms with E-state index in [1.807, 2.05) is 18.2 Å². The molecule has 0 saturated carbocycles. The number of rotatable bonds is 4. The van der Waals surface area contributed by atoms with Crippen molar-refractivity contribution >= 4 is 33.9 Å². The van der Waals surface area contributed by atoms with Crippen LogP contribution in [0.2, 0.25) is 0 Å². The third-order valence-electron chi connectivity index (χ3n) is 3.53. The summed E-state index contributed by atoms with van der Waals surface area (Å²) < 4.78 is 0. The maximum Gasteiger partial charge on any atom is 0.187 e. The molecule has 3 rings (SSSR count). The SMILES string of the molecule is CCSc1cccc(Nc2nc3c(s2)CCCC3)c1C#N. The first kappa shape index (κ1) is 14.4. The van der Waals surface area contributed by atoms with Crippen LogP contribution in [0.5, 0.6) is 0 Å². The average Bonchev–Trinajstić information content (AvgIpc) is 2.90. The quantitative estimate of drug-likeness (QED) is 0.827. The van der Waals surface area contributed by atoms with Gasteiger partial charge in [-0.2, -0.15) is 5.26 Å². The van der Waals surface area contributed by atoms with Crippen LogP contribution in [0.25, 0.3) is 0 Å². The molecule has 1 aliphatic rings. The standard InChI is InChI=1S/C16H17N3S2/c1-2-20-14-9-5-7-12(11(14)10-17)18-16-19-13-6-3-4-8-15(13)21-16/h5,7,9H,2-4,6,8H2,1H3,(H,18,19). The third-order valence-corrected chi connectivity index (χ3v) is 5.54. The molecule has 0 atom stereocenters. The molecule has 0 aliphatic heterocycles. The zero-order valence-electron chi connectivity index (χ0n) is 12.0. The summed E-state index contributed by atoms with van der Waals surface area (Å²) in [6.07, 6.45) is 4.73. The summed E-state index contributed by atoms with van der Waals surface area (Å²) in [4.78, 5) is 7.13. The normalized spacial score (nSPS) is 13.5. The number of nitrogens with zero attached hydrogens (tertiary/aromatic N) is 2. The predicted octanol–water partition coefficient (Wildman–Crippen LogP) is 4.75. The zero-order chi connectivity index (χ0) is 14.7. The van der Waals surface area contributed by atoms with E-state index in [0.717, 1.165) is 39.9 Å². The van der Waals surface area contributed by atoms with E-state index < -0.39 is 0 Å². The lowest BCUT2D eigenvalue weighted by Gasteiger charge is -2.08. The smallest absolute Gasteiger partial charge is 0.187 e. The van der Waals surface area contributed by atoms with Crippen molar-refractivity contribution in [1.82, 2.24) is 4.98 Å². The second-order valence-electron chi connectivity index (χ2n) is 4.94. The molecule has 3 nitrogen and oxygen atoms in total. The molecule has 0 amide bonds. The molecule has 108 valence electrons. The molecule has 1 aliphatic carbocycles. The highest BCUT2D eigenvalue weighted by Gasteiger charge is 2.16. The lowest BCUT2D eigenvalue weighted by Crippen LogP contribution is -1.99. The highest BCUT2D eigenvalue weighted by Crippen LogP contribution is 2.34. The molecule has 0 fully saturated rings. The number of aromatic nitrogens is 1. The van der Waals surface area contributed by atoms with Crippen molar-refractivity contribution in [2.45, 2.75) is 37.5 Å². The van der Waals surface area contributed by atoms with Gasteiger partial charge in [-0.25, -0.2) is 4.98 Å². The summed E-state index contributed by atoms with van der Waals surface area (Å²) in [7, 11) is 0. The Kier molecular flexibility index (Phi) is 4.47. The molecule has 21 heavy (non-hydrogen) atoms. The highest BCUT2D eigenvalue weighted by atomic mass is 32.2. The van der Waals surface area contributed by atoms with E-state index in [1.165, 1.54) is 23.4 Å². The summed E-state index contributed by atoms with van der Waals surface area (Å²) in [6.45, 7) is 2.10. The van der Waals surface area contributed by atoms with Gasteiger partial charge in [0.2, 0.25) is 0 Å². The number of nitriles is 1. The fourth-order valence-electron chi connectivity index (χ4n) is 2.55. The Hall–Kier alpha value is -1.51. The summed E-state index contributed by atoms with van der Waals surface area (Å²) in [5.74, 6) is 0.962. The Balaban J connectivity index is 1.89. The van der Waals surface area contributed by atoms with Crippen molar-refractivity contribution < 1.29 is 0 Å². The molecule has 1 heterocycles. The van der Waals surface area contributed by atoms with Crippen molar-refractivity contribution in [2.24, 2.45) is 0 Å². The summed E-state index contributed by atoms with van der Waals surface area (Å²) >= 11 is 3.43. The molecule has 0 saturated heterocycles. The number of aryl methyl sites for hydroxylation is 2. The van der Waals surface area contributed by atoms with Gasteiger partial charge in [-0.15, -0.1) is 23.1 Å². The summed E-state index contributed by atoms with van der Waals surface area (Å²) in [5, 5.41) is 13.7. The van der Waals surface area contributed by atoms with Crippen molar-refractivity contribution in [1.29, 1.82) is 5.26 Å². The van der Waals surface area contributed by atoms with E-state index in [1.54, 1.807) is 23.1 Å². The van der Waals surface area contributed by atoms with Crippen molar-refractivity contribution in [3.05, 3.63) is 34.3 Å². The number of thiazole rings is 1. The van der Waals surface area contributed by atoms with Crippen molar-refractivity contribution in [3.63, 3.8) is 0 Å². The average molecular weight is 315 g/mol. The fourth-order valence-corrected chi connectivity index (χ4v) is 4.39. The number of thioether (sulfide) groups is 1. The number of nitrogens with one attached hydrogen (secondary N) is 1. The molecule has 0 radical (unpaired) electrons. The first-order chi connectivity index (χ1) is 10.3. The minimum Gasteiger partial charge on any atom is -0.330 e. The van der Waals surface area contributed by atoms with Gasteiger partial charge in [-0.3, -0.25) is 0 Å². The Morgan fingerprint density at radius 2 is 2.24 bits per heavy atom. The van der Waals surface area contributed by atoms with Gasteiger partial charge in [-0.1, -0.05) is 13.0 Å². The lowest BCUT2D eigenvalue weighted by atomic mass is 10.0. The van der Waals surface area contributed by atoms with Gasteiger partial charge in [0.15, 0.2) is 5.13 Å². The van der Waals surface area contributed by atoms with E-state index in [9.17, 15) is 5.26 Å². The van der Waals surface area contributed by atoms with Gasteiger partial charge < -0.3 is 5.32 Å². The van der Waals surface area contributed by atoms with Gasteiger partial charge >= 0.3 is 0 Å². The molecule has 2 aromatic rings. The van der Waals surface area contributed by atoms with Gasteiger partial charge in [0.1, 0.15) is 6.07 Å². The van der Waals surface area contributed by atoms with E-state index in [2.05, 4.69) is 23.3 Å². The van der Waals surface area contributed by atoms with Gasteiger partial charge in [-0.05, 0) is 43.6 Å². The van der Waals surface area contributed by atoms with Crippen LogP contribution < -0.4 is 5.32 Å². The minimum atomic E-state index is 0.720. The van der Waals surface area contributed by atoms with Crippen LogP contribution in [-0.4, -0.2) is 10.7 Å². The van der Waals surface area contributed by atoms with Crippen LogP contribution in [0, 0.1) is 11.3 Å². The Bertz CT molecular complexity index is 662. The van der Waals surface area contributed by atoms with Crippen LogP contribution in [0.15, 0.2) is 23.1 Å². The van der Waals surface area contributed by atoms with Crippen molar-refractivity contribution in [3.8, 4) is 6.07 Å². The second kappa shape index (κ2) is 6.50. The molecule has 0 bridgehead atoms. The number of anilines is 2. The monoisotopic (exact) mass is 315 g/mol. The van der Waals surface area contributed by atoms with E-state index in [4.69, 9.17) is 0 Å². The second-order valence-corrected chi connectivity index (χ2v) is 7.33. The fraction of sp³-hybridized carbons (Fsp3) is 0.375.